The molecule has 0 atom stereocenters. The Kier molecular flexibility index (Phi) is 5.71. The Balaban J connectivity index is 2.18. The van der Waals surface area contributed by atoms with Crippen molar-refractivity contribution in [2.45, 2.75) is 6.42 Å². The topological polar surface area (TPSA) is 56.8 Å². The highest BCUT2D eigenvalue weighted by molar-refractivity contribution is 6.30. The number of methoxy groups -OCH3 is 3. The number of anilines is 1. The molecule has 1 amide bonds. The van der Waals surface area contributed by atoms with E-state index < -0.39 is 0 Å². The first-order chi connectivity index (χ1) is 11.1. The monoisotopic (exact) mass is 335 g/mol. The Morgan fingerprint density at radius 3 is 2.35 bits per heavy atom. The molecule has 6 heteroatoms. The second-order valence-electron chi connectivity index (χ2n) is 4.75. The van der Waals surface area contributed by atoms with Crippen LogP contribution >= 0.6 is 11.6 Å². The molecule has 0 aliphatic rings. The maximum Gasteiger partial charge on any atom is 0.229 e. The Morgan fingerprint density at radius 1 is 1.00 bits per heavy atom. The molecule has 0 saturated carbocycles. The average Bonchev–Trinajstić information content (AvgIpc) is 2.55. The van der Waals surface area contributed by atoms with E-state index in [1.54, 1.807) is 50.6 Å². The number of benzene rings is 2. The van der Waals surface area contributed by atoms with Gasteiger partial charge in [-0.05, 0) is 30.3 Å². The quantitative estimate of drug-likeness (QED) is 0.877. The Morgan fingerprint density at radius 2 is 1.70 bits per heavy atom. The molecule has 0 aliphatic carbocycles. The molecule has 0 saturated heterocycles. The lowest BCUT2D eigenvalue weighted by Crippen LogP contribution is -2.15. The molecule has 122 valence electrons. The molecule has 5 nitrogen and oxygen atoms in total. The van der Waals surface area contributed by atoms with E-state index in [9.17, 15) is 4.79 Å². The van der Waals surface area contributed by atoms with E-state index in [-0.39, 0.29) is 12.3 Å². The third-order valence-corrected chi connectivity index (χ3v) is 3.51. The molecule has 0 bridgehead atoms. The molecule has 23 heavy (non-hydrogen) atoms. The van der Waals surface area contributed by atoms with Crippen LogP contribution in [0.2, 0.25) is 5.02 Å². The summed E-state index contributed by atoms with van der Waals surface area (Å²) in [6.07, 6.45) is 0.129. The number of rotatable bonds is 6. The van der Waals surface area contributed by atoms with Gasteiger partial charge in [0, 0.05) is 16.7 Å². The minimum absolute atomic E-state index is 0.129. The van der Waals surface area contributed by atoms with Crippen molar-refractivity contribution < 1.29 is 19.0 Å². The molecule has 2 rings (SSSR count). The summed E-state index contributed by atoms with van der Waals surface area (Å²) in [5, 5.41) is 3.36. The molecule has 0 aromatic heterocycles. The highest BCUT2D eigenvalue weighted by Gasteiger charge is 2.13. The molecule has 0 aliphatic heterocycles. The summed E-state index contributed by atoms with van der Waals surface area (Å²) in [4.78, 5) is 12.3. The summed E-state index contributed by atoms with van der Waals surface area (Å²) in [5.74, 6) is 1.58. The third-order valence-electron chi connectivity index (χ3n) is 3.27. The summed E-state index contributed by atoms with van der Waals surface area (Å²) < 4.78 is 15.7. The molecule has 0 fully saturated rings. The third kappa shape index (κ3) is 4.29. The van der Waals surface area contributed by atoms with Gasteiger partial charge in [-0.3, -0.25) is 4.79 Å². The van der Waals surface area contributed by atoms with Crippen molar-refractivity contribution in [1.82, 2.24) is 0 Å². The van der Waals surface area contributed by atoms with Crippen molar-refractivity contribution in [3.8, 4) is 17.2 Å². The highest BCUT2D eigenvalue weighted by atomic mass is 35.5. The van der Waals surface area contributed by atoms with E-state index in [0.717, 1.165) is 0 Å². The molecular weight excluding hydrogens is 318 g/mol. The zero-order valence-corrected chi connectivity index (χ0v) is 13.9. The predicted octanol–water partition coefficient (Wildman–Crippen LogP) is 3.55. The van der Waals surface area contributed by atoms with Gasteiger partial charge < -0.3 is 19.5 Å². The first-order valence-corrected chi connectivity index (χ1v) is 7.29. The molecule has 2 aromatic carbocycles. The van der Waals surface area contributed by atoms with Gasteiger partial charge in [0.2, 0.25) is 5.91 Å². The van der Waals surface area contributed by atoms with E-state index in [4.69, 9.17) is 25.8 Å². The molecule has 0 radical (unpaired) electrons. The summed E-state index contributed by atoms with van der Waals surface area (Å²) in [7, 11) is 4.65. The van der Waals surface area contributed by atoms with Gasteiger partial charge in [-0.2, -0.15) is 0 Å². The normalized spacial score (nSPS) is 10.1. The first-order valence-electron chi connectivity index (χ1n) is 6.91. The smallest absolute Gasteiger partial charge is 0.229 e. The zero-order chi connectivity index (χ0) is 16.8. The largest absolute Gasteiger partial charge is 0.497 e. The van der Waals surface area contributed by atoms with E-state index in [0.29, 0.717) is 33.5 Å². The number of nitrogens with one attached hydrogen (secondary N) is 1. The lowest BCUT2D eigenvalue weighted by molar-refractivity contribution is -0.115. The molecule has 1 N–H and O–H groups in total. The summed E-state index contributed by atoms with van der Waals surface area (Å²) >= 11 is 5.98. The summed E-state index contributed by atoms with van der Waals surface area (Å²) in [5.41, 5.74) is 1.25. The fourth-order valence-corrected chi connectivity index (χ4v) is 2.36. The first kappa shape index (κ1) is 17.0. The number of amides is 1. The van der Waals surface area contributed by atoms with Gasteiger partial charge in [0.25, 0.3) is 0 Å². The van der Waals surface area contributed by atoms with Crippen LogP contribution in [0.25, 0.3) is 0 Å². The molecule has 0 heterocycles. The maximum atomic E-state index is 12.3. The highest BCUT2D eigenvalue weighted by Crippen LogP contribution is 2.29. The van der Waals surface area contributed by atoms with Crippen LogP contribution < -0.4 is 19.5 Å². The van der Waals surface area contributed by atoms with Crippen LogP contribution in [0, 0.1) is 0 Å². The van der Waals surface area contributed by atoms with Gasteiger partial charge >= 0.3 is 0 Å². The number of ether oxygens (including phenoxy) is 3. The zero-order valence-electron chi connectivity index (χ0n) is 13.2. The lowest BCUT2D eigenvalue weighted by Gasteiger charge is -2.13. The van der Waals surface area contributed by atoms with Gasteiger partial charge in [0.05, 0.1) is 33.4 Å². The van der Waals surface area contributed by atoms with Crippen LogP contribution in [-0.4, -0.2) is 27.2 Å². The maximum absolute atomic E-state index is 12.3. The van der Waals surface area contributed by atoms with Crippen molar-refractivity contribution in [2.24, 2.45) is 0 Å². The van der Waals surface area contributed by atoms with Crippen LogP contribution in [0.15, 0.2) is 36.4 Å². The van der Waals surface area contributed by atoms with E-state index in [2.05, 4.69) is 5.32 Å². The predicted molar refractivity (Wildman–Crippen MR) is 89.9 cm³/mol. The fraction of sp³-hybridized carbons (Fsp3) is 0.235. The van der Waals surface area contributed by atoms with Crippen molar-refractivity contribution in [3.63, 3.8) is 0 Å². The second kappa shape index (κ2) is 7.74. The van der Waals surface area contributed by atoms with Crippen molar-refractivity contribution in [1.29, 1.82) is 0 Å². The van der Waals surface area contributed by atoms with Crippen LogP contribution in [-0.2, 0) is 11.2 Å². The van der Waals surface area contributed by atoms with Crippen LogP contribution in [0.3, 0.4) is 0 Å². The molecule has 2 aromatic rings. The Bertz CT molecular complexity index is 703. The average molecular weight is 336 g/mol. The number of hydrogen-bond acceptors (Lipinski definition) is 4. The minimum atomic E-state index is -0.211. The molecular formula is C17H18ClNO4. The number of carbonyl (C=O) groups is 1. The van der Waals surface area contributed by atoms with Gasteiger partial charge in [0.1, 0.15) is 17.2 Å². The molecule has 0 unspecified atom stereocenters. The fourth-order valence-electron chi connectivity index (χ4n) is 2.16. The summed E-state index contributed by atoms with van der Waals surface area (Å²) in [6.45, 7) is 0. The van der Waals surface area contributed by atoms with Crippen molar-refractivity contribution in [3.05, 3.63) is 47.0 Å². The van der Waals surface area contributed by atoms with Crippen LogP contribution in [0.1, 0.15) is 5.56 Å². The second-order valence-corrected chi connectivity index (χ2v) is 5.18. The SMILES string of the molecule is COc1ccc(OC)c(NC(=O)Cc2cc(Cl)ccc2OC)c1. The summed E-state index contributed by atoms with van der Waals surface area (Å²) in [6, 6.07) is 10.3. The number of carbonyl (C=O) groups excluding carboxylic acids is 1. The van der Waals surface area contributed by atoms with E-state index in [1.807, 2.05) is 0 Å². The van der Waals surface area contributed by atoms with Gasteiger partial charge in [-0.25, -0.2) is 0 Å². The Hall–Kier alpha value is -2.40. The minimum Gasteiger partial charge on any atom is -0.497 e. The lowest BCUT2D eigenvalue weighted by atomic mass is 10.1. The van der Waals surface area contributed by atoms with Gasteiger partial charge in [-0.1, -0.05) is 11.6 Å². The molecule has 0 spiro atoms. The van der Waals surface area contributed by atoms with Crippen molar-refractivity contribution in [2.75, 3.05) is 26.6 Å². The van der Waals surface area contributed by atoms with E-state index in [1.165, 1.54) is 7.11 Å². The standard InChI is InChI=1S/C17H18ClNO4/c1-21-13-5-7-16(23-3)14(10-13)19-17(20)9-11-8-12(18)4-6-15(11)22-2/h4-8,10H,9H2,1-3H3,(H,19,20). The van der Waals surface area contributed by atoms with E-state index >= 15 is 0 Å². The van der Waals surface area contributed by atoms with Crippen LogP contribution in [0.4, 0.5) is 5.69 Å². The van der Waals surface area contributed by atoms with Crippen LogP contribution in [0.5, 0.6) is 17.2 Å². The van der Waals surface area contributed by atoms with Gasteiger partial charge in [0.15, 0.2) is 0 Å². The number of hydrogen-bond donors (Lipinski definition) is 1. The van der Waals surface area contributed by atoms with Gasteiger partial charge in [-0.15, -0.1) is 0 Å². The van der Waals surface area contributed by atoms with Crippen molar-refractivity contribution >= 4 is 23.2 Å². The Labute approximate surface area is 140 Å². The number of halogens is 1.